The molecule has 0 amide bonds. The van der Waals surface area contributed by atoms with Gasteiger partial charge in [0.25, 0.3) is 0 Å². The quantitative estimate of drug-likeness (QED) is 0.741. The SMILES string of the molecule is CCc1ccc(C#N)c(-n2ccnc2)c1. The van der Waals surface area contributed by atoms with Crippen LogP contribution in [0.4, 0.5) is 0 Å². The lowest BCUT2D eigenvalue weighted by atomic mass is 10.1. The Labute approximate surface area is 88.6 Å². The second-order valence-corrected chi connectivity index (χ2v) is 3.29. The van der Waals surface area contributed by atoms with Crippen LogP contribution in [0.25, 0.3) is 5.69 Å². The summed E-state index contributed by atoms with van der Waals surface area (Å²) >= 11 is 0. The molecule has 3 nitrogen and oxygen atoms in total. The lowest BCUT2D eigenvalue weighted by Gasteiger charge is -2.06. The fraction of sp³-hybridized carbons (Fsp3) is 0.167. The highest BCUT2D eigenvalue weighted by Gasteiger charge is 2.04. The molecule has 0 aliphatic rings. The Morgan fingerprint density at radius 3 is 2.93 bits per heavy atom. The molecule has 0 saturated carbocycles. The van der Waals surface area contributed by atoms with E-state index in [4.69, 9.17) is 5.26 Å². The topological polar surface area (TPSA) is 41.6 Å². The highest BCUT2D eigenvalue weighted by molar-refractivity contribution is 5.50. The van der Waals surface area contributed by atoms with Gasteiger partial charge >= 0.3 is 0 Å². The maximum Gasteiger partial charge on any atom is 0.101 e. The van der Waals surface area contributed by atoms with E-state index in [2.05, 4.69) is 18.0 Å². The second-order valence-electron chi connectivity index (χ2n) is 3.29. The van der Waals surface area contributed by atoms with Crippen LogP contribution < -0.4 is 0 Å². The molecule has 0 aliphatic carbocycles. The van der Waals surface area contributed by atoms with Gasteiger partial charge in [0.05, 0.1) is 17.6 Å². The van der Waals surface area contributed by atoms with E-state index < -0.39 is 0 Å². The number of rotatable bonds is 2. The van der Waals surface area contributed by atoms with Gasteiger partial charge in [0.1, 0.15) is 6.07 Å². The van der Waals surface area contributed by atoms with Crippen molar-refractivity contribution in [2.75, 3.05) is 0 Å². The summed E-state index contributed by atoms with van der Waals surface area (Å²) < 4.78 is 1.86. The molecule has 0 fully saturated rings. The van der Waals surface area contributed by atoms with Crippen molar-refractivity contribution in [3.8, 4) is 11.8 Å². The van der Waals surface area contributed by atoms with Gasteiger partial charge in [-0.1, -0.05) is 13.0 Å². The molecule has 0 bridgehead atoms. The monoisotopic (exact) mass is 197 g/mol. The first-order chi connectivity index (χ1) is 7.35. The first-order valence-electron chi connectivity index (χ1n) is 4.86. The molecule has 0 saturated heterocycles. The summed E-state index contributed by atoms with van der Waals surface area (Å²) in [4.78, 5) is 3.98. The number of benzene rings is 1. The molecule has 0 aliphatic heterocycles. The van der Waals surface area contributed by atoms with Crippen molar-refractivity contribution >= 4 is 0 Å². The summed E-state index contributed by atoms with van der Waals surface area (Å²) in [5, 5.41) is 9.00. The Kier molecular flexibility index (Phi) is 2.51. The van der Waals surface area contributed by atoms with Crippen molar-refractivity contribution in [2.45, 2.75) is 13.3 Å². The standard InChI is InChI=1S/C12H11N3/c1-2-10-3-4-11(8-13)12(7-10)15-6-5-14-9-15/h3-7,9H,2H2,1H3. The first kappa shape index (κ1) is 9.47. The summed E-state index contributed by atoms with van der Waals surface area (Å²) in [7, 11) is 0. The van der Waals surface area contributed by atoms with Gasteiger partial charge in [-0.2, -0.15) is 5.26 Å². The Morgan fingerprint density at radius 2 is 2.33 bits per heavy atom. The number of nitriles is 1. The van der Waals surface area contributed by atoms with Crippen molar-refractivity contribution in [1.82, 2.24) is 9.55 Å². The van der Waals surface area contributed by atoms with Gasteiger partial charge < -0.3 is 4.57 Å². The largest absolute Gasteiger partial charge is 0.305 e. The lowest BCUT2D eigenvalue weighted by molar-refractivity contribution is 1.03. The van der Waals surface area contributed by atoms with Crippen molar-refractivity contribution < 1.29 is 0 Å². The van der Waals surface area contributed by atoms with E-state index in [-0.39, 0.29) is 0 Å². The summed E-state index contributed by atoms with van der Waals surface area (Å²) in [6.45, 7) is 2.10. The average molecular weight is 197 g/mol. The zero-order valence-electron chi connectivity index (χ0n) is 8.51. The molecule has 0 radical (unpaired) electrons. The average Bonchev–Trinajstić information content (AvgIpc) is 2.81. The van der Waals surface area contributed by atoms with E-state index in [1.54, 1.807) is 12.5 Å². The van der Waals surface area contributed by atoms with Crippen LogP contribution in [0.3, 0.4) is 0 Å². The van der Waals surface area contributed by atoms with Gasteiger partial charge in [-0.05, 0) is 24.1 Å². The summed E-state index contributed by atoms with van der Waals surface area (Å²) in [5.74, 6) is 0. The van der Waals surface area contributed by atoms with Crippen LogP contribution in [-0.2, 0) is 6.42 Å². The van der Waals surface area contributed by atoms with Crippen LogP contribution in [-0.4, -0.2) is 9.55 Å². The third kappa shape index (κ3) is 1.75. The molecule has 2 aromatic rings. The van der Waals surface area contributed by atoms with Crippen LogP contribution >= 0.6 is 0 Å². The number of aromatic nitrogens is 2. The summed E-state index contributed by atoms with van der Waals surface area (Å²) in [6, 6.07) is 8.05. The van der Waals surface area contributed by atoms with Gasteiger partial charge in [-0.25, -0.2) is 4.98 Å². The Balaban J connectivity index is 2.58. The molecule has 1 aromatic heterocycles. The van der Waals surface area contributed by atoms with Crippen molar-refractivity contribution in [1.29, 1.82) is 5.26 Å². The highest BCUT2D eigenvalue weighted by Crippen LogP contribution is 2.16. The van der Waals surface area contributed by atoms with Gasteiger partial charge in [0.2, 0.25) is 0 Å². The second kappa shape index (κ2) is 3.97. The number of hydrogen-bond donors (Lipinski definition) is 0. The molecule has 2 rings (SSSR count). The summed E-state index contributed by atoms with van der Waals surface area (Å²) in [6.07, 6.45) is 6.22. The highest BCUT2D eigenvalue weighted by atomic mass is 15.0. The molecule has 1 heterocycles. The number of nitrogens with zero attached hydrogens (tertiary/aromatic N) is 3. The predicted octanol–water partition coefficient (Wildman–Crippen LogP) is 2.31. The third-order valence-corrected chi connectivity index (χ3v) is 2.37. The van der Waals surface area contributed by atoms with Crippen molar-refractivity contribution in [3.63, 3.8) is 0 Å². The minimum absolute atomic E-state index is 0.671. The molecular weight excluding hydrogens is 186 g/mol. The minimum atomic E-state index is 0.671. The van der Waals surface area contributed by atoms with Crippen molar-refractivity contribution in [3.05, 3.63) is 48.0 Å². The molecule has 0 unspecified atom stereocenters. The molecular formula is C12H11N3. The third-order valence-electron chi connectivity index (χ3n) is 2.37. The Morgan fingerprint density at radius 1 is 1.47 bits per heavy atom. The van der Waals surface area contributed by atoms with E-state index in [1.807, 2.05) is 29.0 Å². The first-order valence-corrected chi connectivity index (χ1v) is 4.86. The van der Waals surface area contributed by atoms with E-state index >= 15 is 0 Å². The van der Waals surface area contributed by atoms with Crippen LogP contribution in [0, 0.1) is 11.3 Å². The summed E-state index contributed by atoms with van der Waals surface area (Å²) in [5.41, 5.74) is 2.79. The smallest absolute Gasteiger partial charge is 0.101 e. The number of imidazole rings is 1. The van der Waals surface area contributed by atoms with E-state index in [0.717, 1.165) is 12.1 Å². The fourth-order valence-corrected chi connectivity index (χ4v) is 1.51. The van der Waals surface area contributed by atoms with E-state index in [1.165, 1.54) is 5.56 Å². The minimum Gasteiger partial charge on any atom is -0.305 e. The maximum atomic E-state index is 9.00. The molecule has 0 spiro atoms. The zero-order valence-corrected chi connectivity index (χ0v) is 8.51. The number of aryl methyl sites for hydroxylation is 1. The van der Waals surface area contributed by atoms with Gasteiger partial charge in [0, 0.05) is 12.4 Å². The Bertz CT molecular complexity index is 492. The zero-order chi connectivity index (χ0) is 10.7. The Hall–Kier alpha value is -2.08. The van der Waals surface area contributed by atoms with Crippen LogP contribution in [0.15, 0.2) is 36.9 Å². The van der Waals surface area contributed by atoms with Gasteiger partial charge in [-0.3, -0.25) is 0 Å². The molecule has 3 heteroatoms. The van der Waals surface area contributed by atoms with E-state index in [9.17, 15) is 0 Å². The van der Waals surface area contributed by atoms with Crippen LogP contribution in [0.1, 0.15) is 18.1 Å². The molecule has 74 valence electrons. The van der Waals surface area contributed by atoms with Gasteiger partial charge in [-0.15, -0.1) is 0 Å². The lowest BCUT2D eigenvalue weighted by Crippen LogP contribution is -1.96. The number of hydrogen-bond acceptors (Lipinski definition) is 2. The molecule has 0 N–H and O–H groups in total. The molecule has 1 aromatic carbocycles. The normalized spacial score (nSPS) is 9.87. The van der Waals surface area contributed by atoms with Crippen LogP contribution in [0.5, 0.6) is 0 Å². The van der Waals surface area contributed by atoms with E-state index in [0.29, 0.717) is 5.56 Å². The molecule has 0 atom stereocenters. The van der Waals surface area contributed by atoms with Crippen molar-refractivity contribution in [2.24, 2.45) is 0 Å². The van der Waals surface area contributed by atoms with Gasteiger partial charge in [0.15, 0.2) is 0 Å². The van der Waals surface area contributed by atoms with Crippen LogP contribution in [0.2, 0.25) is 0 Å². The maximum absolute atomic E-state index is 9.00. The molecule has 15 heavy (non-hydrogen) atoms. The fourth-order valence-electron chi connectivity index (χ4n) is 1.51. The predicted molar refractivity (Wildman–Crippen MR) is 57.7 cm³/mol.